The quantitative estimate of drug-likeness (QED) is 0.862. The summed E-state index contributed by atoms with van der Waals surface area (Å²) in [6.07, 6.45) is 2.06. The molecule has 0 aromatic heterocycles. The predicted molar refractivity (Wildman–Crippen MR) is 74.2 cm³/mol. The summed E-state index contributed by atoms with van der Waals surface area (Å²) in [7, 11) is -2.18. The minimum atomic E-state index is -3.61. The predicted octanol–water partition coefficient (Wildman–Crippen LogP) is 1.38. The van der Waals surface area contributed by atoms with Crippen molar-refractivity contribution < 1.29 is 13.2 Å². The van der Waals surface area contributed by atoms with Crippen LogP contribution in [0.4, 0.5) is 0 Å². The van der Waals surface area contributed by atoms with Crippen molar-refractivity contribution in [2.75, 3.05) is 20.2 Å². The van der Waals surface area contributed by atoms with Gasteiger partial charge in [0.2, 0.25) is 10.0 Å². The summed E-state index contributed by atoms with van der Waals surface area (Å²) >= 11 is 5.85. The van der Waals surface area contributed by atoms with Crippen LogP contribution in [-0.4, -0.2) is 34.7 Å². The molecule has 0 radical (unpaired) electrons. The molecule has 1 aromatic carbocycles. The maximum Gasteiger partial charge on any atom is 0.244 e. The molecule has 106 valence electrons. The Kier molecular flexibility index (Phi) is 4.67. The Morgan fingerprint density at radius 1 is 1.53 bits per heavy atom. The van der Waals surface area contributed by atoms with E-state index in [0.29, 0.717) is 11.6 Å². The van der Waals surface area contributed by atoms with Crippen LogP contribution in [0.25, 0.3) is 0 Å². The highest BCUT2D eigenvalue weighted by atomic mass is 35.5. The molecule has 1 heterocycles. The SMILES string of the molecule is COc1ccc(Cl)cc1S(=O)(=O)NC[C@H]1CCCN1. The Labute approximate surface area is 118 Å². The maximum atomic E-state index is 12.2. The summed E-state index contributed by atoms with van der Waals surface area (Å²) in [5, 5.41) is 3.60. The van der Waals surface area contributed by atoms with E-state index < -0.39 is 10.0 Å². The summed E-state index contributed by atoms with van der Waals surface area (Å²) in [6.45, 7) is 1.31. The van der Waals surface area contributed by atoms with Gasteiger partial charge in [-0.3, -0.25) is 0 Å². The van der Waals surface area contributed by atoms with Crippen LogP contribution in [0, 0.1) is 0 Å². The van der Waals surface area contributed by atoms with Gasteiger partial charge in [-0.2, -0.15) is 0 Å². The zero-order valence-electron chi connectivity index (χ0n) is 10.6. The van der Waals surface area contributed by atoms with Crippen molar-refractivity contribution in [1.29, 1.82) is 0 Å². The Balaban J connectivity index is 2.16. The number of rotatable bonds is 5. The molecule has 5 nitrogen and oxygen atoms in total. The molecule has 1 fully saturated rings. The largest absolute Gasteiger partial charge is 0.495 e. The van der Waals surface area contributed by atoms with E-state index in [1.807, 2.05) is 0 Å². The zero-order chi connectivity index (χ0) is 13.9. The molecule has 0 spiro atoms. The van der Waals surface area contributed by atoms with Crippen molar-refractivity contribution >= 4 is 21.6 Å². The van der Waals surface area contributed by atoms with Crippen molar-refractivity contribution in [2.45, 2.75) is 23.8 Å². The first-order chi connectivity index (χ1) is 9.03. The molecule has 2 rings (SSSR count). The Morgan fingerprint density at radius 2 is 2.32 bits per heavy atom. The third-order valence-electron chi connectivity index (χ3n) is 3.10. The van der Waals surface area contributed by atoms with Crippen LogP contribution in [0.5, 0.6) is 5.75 Å². The van der Waals surface area contributed by atoms with Gasteiger partial charge in [0.1, 0.15) is 10.6 Å². The summed E-state index contributed by atoms with van der Waals surface area (Å²) < 4.78 is 32.1. The van der Waals surface area contributed by atoms with Crippen LogP contribution < -0.4 is 14.8 Å². The van der Waals surface area contributed by atoms with Crippen LogP contribution in [0.15, 0.2) is 23.1 Å². The smallest absolute Gasteiger partial charge is 0.244 e. The number of benzene rings is 1. The van der Waals surface area contributed by atoms with Gasteiger partial charge < -0.3 is 10.1 Å². The fraction of sp³-hybridized carbons (Fsp3) is 0.500. The topological polar surface area (TPSA) is 67.4 Å². The lowest BCUT2D eigenvalue weighted by Crippen LogP contribution is -2.37. The van der Waals surface area contributed by atoms with Crippen LogP contribution in [-0.2, 0) is 10.0 Å². The van der Waals surface area contributed by atoms with Gasteiger partial charge in [-0.15, -0.1) is 0 Å². The van der Waals surface area contributed by atoms with Gasteiger partial charge in [-0.25, -0.2) is 13.1 Å². The van der Waals surface area contributed by atoms with Crippen LogP contribution in [0.3, 0.4) is 0 Å². The molecule has 0 unspecified atom stereocenters. The fourth-order valence-corrected chi connectivity index (χ4v) is 3.59. The number of methoxy groups -OCH3 is 1. The van der Waals surface area contributed by atoms with Gasteiger partial charge in [0.25, 0.3) is 0 Å². The highest BCUT2D eigenvalue weighted by Gasteiger charge is 2.22. The highest BCUT2D eigenvalue weighted by molar-refractivity contribution is 7.89. The molecule has 7 heteroatoms. The van der Waals surface area contributed by atoms with Crippen LogP contribution in [0.1, 0.15) is 12.8 Å². The summed E-state index contributed by atoms with van der Waals surface area (Å²) in [5.41, 5.74) is 0. The maximum absolute atomic E-state index is 12.2. The van der Waals surface area contributed by atoms with Gasteiger partial charge in [0, 0.05) is 17.6 Å². The molecular formula is C12H17ClN2O3S. The third kappa shape index (κ3) is 3.60. The number of ether oxygens (including phenoxy) is 1. The standard InChI is InChI=1S/C12H17ClN2O3S/c1-18-11-5-4-9(13)7-12(11)19(16,17)15-8-10-3-2-6-14-10/h4-5,7,10,14-15H,2-3,6,8H2,1H3/t10-/m1/s1. The first-order valence-corrected chi connectivity index (χ1v) is 7.95. The molecular weight excluding hydrogens is 288 g/mol. The number of halogens is 1. The van der Waals surface area contributed by atoms with Crippen molar-refractivity contribution in [3.8, 4) is 5.75 Å². The fourth-order valence-electron chi connectivity index (χ4n) is 2.08. The summed E-state index contributed by atoms with van der Waals surface area (Å²) in [5.74, 6) is 0.288. The lowest BCUT2D eigenvalue weighted by atomic mass is 10.2. The normalized spacial score (nSPS) is 19.6. The molecule has 1 atom stereocenters. The van der Waals surface area contributed by atoms with Gasteiger partial charge in [0.05, 0.1) is 7.11 Å². The average Bonchev–Trinajstić information content (AvgIpc) is 2.89. The van der Waals surface area contributed by atoms with Crippen molar-refractivity contribution in [3.05, 3.63) is 23.2 Å². The molecule has 0 amide bonds. The molecule has 0 bridgehead atoms. The molecule has 2 N–H and O–H groups in total. The second-order valence-corrected chi connectivity index (χ2v) is 6.61. The lowest BCUT2D eigenvalue weighted by Gasteiger charge is -2.14. The molecule has 0 aliphatic carbocycles. The van der Waals surface area contributed by atoms with Crippen LogP contribution in [0.2, 0.25) is 5.02 Å². The molecule has 0 saturated carbocycles. The van der Waals surface area contributed by atoms with Crippen molar-refractivity contribution in [3.63, 3.8) is 0 Å². The van der Waals surface area contributed by atoms with Crippen molar-refractivity contribution in [1.82, 2.24) is 10.0 Å². The molecule has 19 heavy (non-hydrogen) atoms. The number of hydrogen-bond donors (Lipinski definition) is 2. The average molecular weight is 305 g/mol. The highest BCUT2D eigenvalue weighted by Crippen LogP contribution is 2.26. The lowest BCUT2D eigenvalue weighted by molar-refractivity contribution is 0.402. The Hall–Kier alpha value is -0.820. The minimum Gasteiger partial charge on any atom is -0.495 e. The number of hydrogen-bond acceptors (Lipinski definition) is 4. The van der Waals surface area contributed by atoms with Crippen molar-refractivity contribution in [2.24, 2.45) is 0 Å². The van der Waals surface area contributed by atoms with Gasteiger partial charge in [-0.1, -0.05) is 11.6 Å². The van der Waals surface area contributed by atoms with E-state index in [-0.39, 0.29) is 16.7 Å². The number of sulfonamides is 1. The zero-order valence-corrected chi connectivity index (χ0v) is 12.2. The van der Waals surface area contributed by atoms with E-state index in [1.54, 1.807) is 12.1 Å². The first kappa shape index (κ1) is 14.6. The minimum absolute atomic E-state index is 0.0699. The van der Waals surface area contributed by atoms with E-state index in [1.165, 1.54) is 13.2 Å². The van der Waals surface area contributed by atoms with E-state index in [2.05, 4.69) is 10.0 Å². The first-order valence-electron chi connectivity index (χ1n) is 6.09. The van der Waals surface area contributed by atoms with E-state index in [4.69, 9.17) is 16.3 Å². The van der Waals surface area contributed by atoms with Gasteiger partial charge in [-0.05, 0) is 37.6 Å². The second kappa shape index (κ2) is 6.09. The second-order valence-electron chi connectivity index (χ2n) is 4.44. The van der Waals surface area contributed by atoms with Gasteiger partial charge >= 0.3 is 0 Å². The van der Waals surface area contributed by atoms with E-state index in [0.717, 1.165) is 19.4 Å². The molecule has 1 aliphatic heterocycles. The molecule has 1 saturated heterocycles. The van der Waals surface area contributed by atoms with Gasteiger partial charge in [0.15, 0.2) is 0 Å². The monoisotopic (exact) mass is 304 g/mol. The Bertz CT molecular complexity index is 542. The summed E-state index contributed by atoms with van der Waals surface area (Å²) in [6, 6.07) is 4.73. The van der Waals surface area contributed by atoms with E-state index in [9.17, 15) is 8.42 Å². The van der Waals surface area contributed by atoms with Crippen LogP contribution >= 0.6 is 11.6 Å². The molecule has 1 aromatic rings. The Morgan fingerprint density at radius 3 is 2.95 bits per heavy atom. The summed E-state index contributed by atoms with van der Waals surface area (Å²) in [4.78, 5) is 0.0699. The molecule has 1 aliphatic rings. The number of nitrogens with one attached hydrogen (secondary N) is 2. The third-order valence-corrected chi connectivity index (χ3v) is 4.78. The van der Waals surface area contributed by atoms with E-state index >= 15 is 0 Å².